The van der Waals surface area contributed by atoms with Crippen LogP contribution in [0.25, 0.3) is 0 Å². The van der Waals surface area contributed by atoms with Crippen LogP contribution in [0.4, 0.5) is 4.39 Å². The van der Waals surface area contributed by atoms with Crippen molar-refractivity contribution in [1.29, 1.82) is 0 Å². The van der Waals surface area contributed by atoms with E-state index in [1.165, 1.54) is 18.6 Å². The zero-order chi connectivity index (χ0) is 14.9. The third-order valence-electron chi connectivity index (χ3n) is 4.68. The molecule has 0 saturated heterocycles. The summed E-state index contributed by atoms with van der Waals surface area (Å²) in [6, 6.07) is 4.74. The first-order valence-electron chi connectivity index (χ1n) is 7.48. The molecule has 3 heteroatoms. The first kappa shape index (κ1) is 16.0. The van der Waals surface area contributed by atoms with E-state index in [-0.39, 0.29) is 5.82 Å². The summed E-state index contributed by atoms with van der Waals surface area (Å²) in [5.41, 5.74) is 0.320. The maximum Gasteiger partial charge on any atom is 0.124 e. The zero-order valence-corrected chi connectivity index (χ0v) is 14.1. The Labute approximate surface area is 129 Å². The van der Waals surface area contributed by atoms with Crippen LogP contribution in [0.15, 0.2) is 22.7 Å². The van der Waals surface area contributed by atoms with Gasteiger partial charge in [-0.1, -0.05) is 49.2 Å². The monoisotopic (exact) mass is 342 g/mol. The van der Waals surface area contributed by atoms with Gasteiger partial charge in [-0.2, -0.15) is 0 Å². The molecule has 3 atom stereocenters. The zero-order valence-electron chi connectivity index (χ0n) is 12.5. The summed E-state index contributed by atoms with van der Waals surface area (Å²) in [6.45, 7) is 6.58. The average Bonchev–Trinajstić information content (AvgIpc) is 2.32. The van der Waals surface area contributed by atoms with Gasteiger partial charge in [-0.05, 0) is 48.3 Å². The molecule has 1 aromatic rings. The molecule has 20 heavy (non-hydrogen) atoms. The minimum Gasteiger partial charge on any atom is -0.389 e. The van der Waals surface area contributed by atoms with Gasteiger partial charge in [-0.3, -0.25) is 0 Å². The van der Waals surface area contributed by atoms with Gasteiger partial charge in [0.25, 0.3) is 0 Å². The molecule has 0 aromatic heterocycles. The Morgan fingerprint density at radius 1 is 1.40 bits per heavy atom. The van der Waals surface area contributed by atoms with E-state index in [1.807, 2.05) is 0 Å². The summed E-state index contributed by atoms with van der Waals surface area (Å²) >= 11 is 3.42. The lowest BCUT2D eigenvalue weighted by Gasteiger charge is -2.45. The molecule has 112 valence electrons. The number of benzene rings is 1. The van der Waals surface area contributed by atoms with Crippen molar-refractivity contribution in [2.24, 2.45) is 17.8 Å². The van der Waals surface area contributed by atoms with E-state index in [0.717, 1.165) is 22.9 Å². The predicted molar refractivity (Wildman–Crippen MR) is 84.1 cm³/mol. The van der Waals surface area contributed by atoms with Crippen molar-refractivity contribution in [3.8, 4) is 0 Å². The van der Waals surface area contributed by atoms with Gasteiger partial charge in [0.1, 0.15) is 5.82 Å². The minimum atomic E-state index is -0.674. The van der Waals surface area contributed by atoms with Gasteiger partial charge in [0, 0.05) is 10.9 Å². The molecule has 1 N–H and O–H groups in total. The fourth-order valence-corrected chi connectivity index (χ4v) is 4.23. The van der Waals surface area contributed by atoms with E-state index in [1.54, 1.807) is 6.07 Å². The number of aliphatic hydroxyl groups is 1. The summed E-state index contributed by atoms with van der Waals surface area (Å²) < 4.78 is 14.0. The van der Waals surface area contributed by atoms with Gasteiger partial charge in [-0.25, -0.2) is 4.39 Å². The van der Waals surface area contributed by atoms with E-state index in [2.05, 4.69) is 36.7 Å². The van der Waals surface area contributed by atoms with Gasteiger partial charge in [0.05, 0.1) is 5.60 Å². The van der Waals surface area contributed by atoms with E-state index in [4.69, 9.17) is 0 Å². The minimum absolute atomic E-state index is 0.245. The fourth-order valence-electron chi connectivity index (χ4n) is 3.74. The lowest BCUT2D eigenvalue weighted by atomic mass is 9.65. The SMILES string of the molecule is CC1CCC(C(C)C)C(O)(Cc2ccc(F)cc2Br)C1. The highest BCUT2D eigenvalue weighted by molar-refractivity contribution is 9.10. The van der Waals surface area contributed by atoms with Crippen molar-refractivity contribution in [2.75, 3.05) is 0 Å². The van der Waals surface area contributed by atoms with Crippen LogP contribution in [0.3, 0.4) is 0 Å². The van der Waals surface area contributed by atoms with Crippen molar-refractivity contribution in [1.82, 2.24) is 0 Å². The smallest absolute Gasteiger partial charge is 0.124 e. The summed E-state index contributed by atoms with van der Waals surface area (Å²) in [4.78, 5) is 0. The highest BCUT2D eigenvalue weighted by Crippen LogP contribution is 2.43. The lowest BCUT2D eigenvalue weighted by Crippen LogP contribution is -2.47. The third kappa shape index (κ3) is 3.43. The number of hydrogen-bond donors (Lipinski definition) is 1. The number of rotatable bonds is 3. The molecule has 1 fully saturated rings. The molecule has 2 rings (SSSR count). The topological polar surface area (TPSA) is 20.2 Å². The van der Waals surface area contributed by atoms with E-state index < -0.39 is 5.60 Å². The molecule has 1 nitrogen and oxygen atoms in total. The van der Waals surface area contributed by atoms with Crippen molar-refractivity contribution in [3.63, 3.8) is 0 Å². The maximum atomic E-state index is 13.2. The normalized spacial score (nSPS) is 30.8. The first-order chi connectivity index (χ1) is 9.32. The standard InChI is InChI=1S/C17H24BrFO/c1-11(2)15-7-4-12(3)9-17(15,20)10-13-5-6-14(19)8-16(13)18/h5-6,8,11-12,15,20H,4,7,9-10H2,1-3H3. The summed E-state index contributed by atoms with van der Waals surface area (Å²) in [5, 5.41) is 11.2. The van der Waals surface area contributed by atoms with Gasteiger partial charge < -0.3 is 5.11 Å². The second-order valence-corrected chi connectivity index (χ2v) is 7.61. The van der Waals surface area contributed by atoms with Crippen LogP contribution >= 0.6 is 15.9 Å². The van der Waals surface area contributed by atoms with E-state index in [0.29, 0.717) is 24.2 Å². The van der Waals surface area contributed by atoms with Gasteiger partial charge in [0.2, 0.25) is 0 Å². The molecule has 0 bridgehead atoms. The van der Waals surface area contributed by atoms with Crippen LogP contribution in [0.5, 0.6) is 0 Å². The van der Waals surface area contributed by atoms with Crippen molar-refractivity contribution >= 4 is 15.9 Å². The Hall–Kier alpha value is -0.410. The van der Waals surface area contributed by atoms with Gasteiger partial charge in [0.15, 0.2) is 0 Å². The van der Waals surface area contributed by atoms with Crippen molar-refractivity contribution in [2.45, 2.75) is 52.1 Å². The second-order valence-electron chi connectivity index (χ2n) is 6.75. The van der Waals surface area contributed by atoms with Crippen LogP contribution < -0.4 is 0 Å². The summed E-state index contributed by atoms with van der Waals surface area (Å²) in [7, 11) is 0. The van der Waals surface area contributed by atoms with E-state index >= 15 is 0 Å². The molecular formula is C17H24BrFO. The Morgan fingerprint density at radius 2 is 2.10 bits per heavy atom. The summed E-state index contributed by atoms with van der Waals surface area (Å²) in [6.07, 6.45) is 3.70. The molecule has 1 saturated carbocycles. The Kier molecular flexibility index (Phi) is 4.91. The quantitative estimate of drug-likeness (QED) is 0.823. The van der Waals surface area contributed by atoms with Crippen LogP contribution in [-0.4, -0.2) is 10.7 Å². The molecule has 3 unspecified atom stereocenters. The molecular weight excluding hydrogens is 319 g/mol. The lowest BCUT2D eigenvalue weighted by molar-refractivity contribution is -0.0796. The van der Waals surface area contributed by atoms with Gasteiger partial charge in [-0.15, -0.1) is 0 Å². The molecule has 0 radical (unpaired) electrons. The molecule has 0 spiro atoms. The third-order valence-corrected chi connectivity index (χ3v) is 5.42. The highest BCUT2D eigenvalue weighted by Gasteiger charge is 2.42. The Balaban J connectivity index is 2.26. The maximum absolute atomic E-state index is 13.2. The van der Waals surface area contributed by atoms with Crippen molar-refractivity contribution in [3.05, 3.63) is 34.1 Å². The number of hydrogen-bond acceptors (Lipinski definition) is 1. The van der Waals surface area contributed by atoms with Crippen LogP contribution in [0.2, 0.25) is 0 Å². The Morgan fingerprint density at radius 3 is 2.70 bits per heavy atom. The fraction of sp³-hybridized carbons (Fsp3) is 0.647. The number of halogens is 2. The highest BCUT2D eigenvalue weighted by atomic mass is 79.9. The van der Waals surface area contributed by atoms with Gasteiger partial charge >= 0.3 is 0 Å². The van der Waals surface area contributed by atoms with Crippen molar-refractivity contribution < 1.29 is 9.50 Å². The first-order valence-corrected chi connectivity index (χ1v) is 8.27. The molecule has 0 amide bonds. The summed E-state index contributed by atoms with van der Waals surface area (Å²) in [5.74, 6) is 1.08. The van der Waals surface area contributed by atoms with E-state index in [9.17, 15) is 9.50 Å². The van der Waals surface area contributed by atoms with Crippen LogP contribution in [-0.2, 0) is 6.42 Å². The molecule has 0 aliphatic heterocycles. The molecule has 1 aliphatic carbocycles. The predicted octanol–water partition coefficient (Wildman–Crippen LogP) is 4.95. The van der Waals surface area contributed by atoms with Crippen LogP contribution in [0.1, 0.15) is 45.6 Å². The van der Waals surface area contributed by atoms with Crippen LogP contribution in [0, 0.1) is 23.6 Å². The molecule has 1 aliphatic rings. The second kappa shape index (κ2) is 6.15. The largest absolute Gasteiger partial charge is 0.389 e. The Bertz CT molecular complexity index is 474. The molecule has 0 heterocycles. The average molecular weight is 343 g/mol. The molecule has 1 aromatic carbocycles.